The Morgan fingerprint density at radius 2 is 1.93 bits per heavy atom. The molecule has 2 heterocycles. The second-order valence-electron chi connectivity index (χ2n) is 4.42. The Kier molecular flexibility index (Phi) is 2.45. The quantitative estimate of drug-likeness (QED) is 0.850. The lowest BCUT2D eigenvalue weighted by atomic mass is 9.93. The van der Waals surface area contributed by atoms with Crippen LogP contribution in [0.3, 0.4) is 0 Å². The van der Waals surface area contributed by atoms with E-state index in [0.717, 1.165) is 22.1 Å². The summed E-state index contributed by atoms with van der Waals surface area (Å²) < 4.78 is 0.861. The molecule has 15 heavy (non-hydrogen) atoms. The van der Waals surface area contributed by atoms with Crippen LogP contribution in [0.25, 0.3) is 0 Å². The number of halogens is 1. The van der Waals surface area contributed by atoms with E-state index in [0.29, 0.717) is 17.9 Å². The largest absolute Gasteiger partial charge is 0.346 e. The summed E-state index contributed by atoms with van der Waals surface area (Å²) in [5.74, 6) is 1.32. The van der Waals surface area contributed by atoms with Gasteiger partial charge in [-0.05, 0) is 40.6 Å². The Morgan fingerprint density at radius 1 is 1.27 bits per heavy atom. The van der Waals surface area contributed by atoms with Gasteiger partial charge in [-0.1, -0.05) is 11.3 Å². The third-order valence-corrected chi connectivity index (χ3v) is 4.98. The van der Waals surface area contributed by atoms with Gasteiger partial charge in [0, 0.05) is 19.1 Å². The molecule has 3 atom stereocenters. The Morgan fingerprint density at radius 3 is 2.47 bits per heavy atom. The molecule has 2 fully saturated rings. The highest BCUT2D eigenvalue weighted by atomic mass is 79.9. The summed E-state index contributed by atoms with van der Waals surface area (Å²) in [6.07, 6.45) is 2.56. The molecule has 2 N–H and O–H groups in total. The van der Waals surface area contributed by atoms with Gasteiger partial charge in [-0.3, -0.25) is 0 Å². The fraction of sp³-hybridized carbons (Fsp3) is 0.778. The summed E-state index contributed by atoms with van der Waals surface area (Å²) >= 11 is 4.96. The minimum absolute atomic E-state index is 0.414. The fourth-order valence-electron chi connectivity index (χ4n) is 2.75. The molecular formula is C9H13BrN4S. The second-order valence-corrected chi connectivity index (χ2v) is 6.65. The van der Waals surface area contributed by atoms with Crippen molar-refractivity contribution in [1.82, 2.24) is 10.2 Å². The van der Waals surface area contributed by atoms with Gasteiger partial charge in [0.1, 0.15) is 0 Å². The third kappa shape index (κ3) is 1.68. The van der Waals surface area contributed by atoms with Gasteiger partial charge in [0.15, 0.2) is 3.92 Å². The van der Waals surface area contributed by atoms with Gasteiger partial charge < -0.3 is 10.6 Å². The molecule has 1 saturated heterocycles. The lowest BCUT2D eigenvalue weighted by Gasteiger charge is -2.35. The van der Waals surface area contributed by atoms with E-state index in [1.165, 1.54) is 12.8 Å². The number of rotatable bonds is 1. The van der Waals surface area contributed by atoms with Gasteiger partial charge in [-0.15, -0.1) is 10.2 Å². The molecule has 4 nitrogen and oxygen atoms in total. The van der Waals surface area contributed by atoms with Crippen molar-refractivity contribution < 1.29 is 0 Å². The van der Waals surface area contributed by atoms with E-state index >= 15 is 0 Å². The molecule has 1 aliphatic heterocycles. The van der Waals surface area contributed by atoms with E-state index < -0.39 is 0 Å². The summed E-state index contributed by atoms with van der Waals surface area (Å²) in [5.41, 5.74) is 6.16. The molecule has 2 bridgehead atoms. The SMILES string of the molecule is NC1[C@@H]2CC[C@H]1CN(c1nnc(Br)s1)C2. The van der Waals surface area contributed by atoms with Crippen LogP contribution in [-0.2, 0) is 0 Å². The number of fused-ring (bicyclic) bond motifs is 2. The summed E-state index contributed by atoms with van der Waals surface area (Å²) in [7, 11) is 0. The van der Waals surface area contributed by atoms with Crippen molar-refractivity contribution in [2.45, 2.75) is 18.9 Å². The van der Waals surface area contributed by atoms with Gasteiger partial charge in [-0.25, -0.2) is 0 Å². The molecule has 1 aromatic rings. The molecule has 0 spiro atoms. The molecule has 1 aliphatic carbocycles. The minimum Gasteiger partial charge on any atom is -0.346 e. The maximum absolute atomic E-state index is 6.16. The zero-order valence-corrected chi connectivity index (χ0v) is 10.7. The smallest absolute Gasteiger partial charge is 0.209 e. The van der Waals surface area contributed by atoms with Crippen molar-refractivity contribution in [3.8, 4) is 0 Å². The highest BCUT2D eigenvalue weighted by Crippen LogP contribution is 2.38. The monoisotopic (exact) mass is 288 g/mol. The van der Waals surface area contributed by atoms with Gasteiger partial charge in [0.25, 0.3) is 0 Å². The number of hydrogen-bond donors (Lipinski definition) is 1. The van der Waals surface area contributed by atoms with E-state index in [1.54, 1.807) is 11.3 Å². The van der Waals surface area contributed by atoms with Crippen LogP contribution in [0.5, 0.6) is 0 Å². The molecule has 1 unspecified atom stereocenters. The minimum atomic E-state index is 0.414. The van der Waals surface area contributed by atoms with Crippen LogP contribution in [0.4, 0.5) is 5.13 Å². The molecular weight excluding hydrogens is 276 g/mol. The maximum Gasteiger partial charge on any atom is 0.209 e. The van der Waals surface area contributed by atoms with Crippen LogP contribution in [0.1, 0.15) is 12.8 Å². The molecule has 82 valence electrons. The average Bonchev–Trinajstić information content (AvgIpc) is 2.70. The van der Waals surface area contributed by atoms with Gasteiger partial charge in [0.05, 0.1) is 0 Å². The molecule has 1 saturated carbocycles. The second kappa shape index (κ2) is 3.68. The van der Waals surface area contributed by atoms with Crippen LogP contribution < -0.4 is 10.6 Å². The summed E-state index contributed by atoms with van der Waals surface area (Å²) in [6.45, 7) is 2.11. The Labute approximate surface area is 101 Å². The molecule has 6 heteroatoms. The zero-order valence-electron chi connectivity index (χ0n) is 8.27. The van der Waals surface area contributed by atoms with Crippen molar-refractivity contribution in [1.29, 1.82) is 0 Å². The number of hydrogen-bond acceptors (Lipinski definition) is 5. The van der Waals surface area contributed by atoms with Crippen molar-refractivity contribution in [3.63, 3.8) is 0 Å². The highest BCUT2D eigenvalue weighted by molar-refractivity contribution is 9.11. The van der Waals surface area contributed by atoms with Crippen LogP contribution in [0, 0.1) is 11.8 Å². The standard InChI is InChI=1S/C9H13BrN4S/c10-8-12-13-9(15-8)14-3-5-1-2-6(4-14)7(5)11/h5-7H,1-4,11H2/t5-,6+,7?. The number of nitrogens with two attached hydrogens (primary N) is 1. The Balaban J connectivity index is 1.80. The lowest BCUT2D eigenvalue weighted by Crippen LogP contribution is -2.48. The number of nitrogens with zero attached hydrogens (tertiary/aromatic N) is 3. The first-order chi connectivity index (χ1) is 7.24. The Hall–Kier alpha value is -0.200. The van der Waals surface area contributed by atoms with Crippen LogP contribution in [0.15, 0.2) is 3.92 Å². The number of aromatic nitrogens is 2. The van der Waals surface area contributed by atoms with Crippen molar-refractivity contribution in [2.75, 3.05) is 18.0 Å². The third-order valence-electron chi connectivity index (χ3n) is 3.57. The van der Waals surface area contributed by atoms with Crippen LogP contribution in [0.2, 0.25) is 0 Å². The summed E-state index contributed by atoms with van der Waals surface area (Å²) in [6, 6.07) is 0.414. The lowest BCUT2D eigenvalue weighted by molar-refractivity contribution is 0.356. The predicted molar refractivity (Wildman–Crippen MR) is 64.0 cm³/mol. The molecule has 3 rings (SSSR count). The topological polar surface area (TPSA) is 55.0 Å². The predicted octanol–water partition coefficient (Wildman–Crippen LogP) is 1.47. The van der Waals surface area contributed by atoms with E-state index in [9.17, 15) is 0 Å². The van der Waals surface area contributed by atoms with Gasteiger partial charge in [0.2, 0.25) is 5.13 Å². The van der Waals surface area contributed by atoms with E-state index in [1.807, 2.05) is 0 Å². The Bertz CT molecular complexity index is 355. The average molecular weight is 289 g/mol. The fourth-order valence-corrected chi connectivity index (χ4v) is 3.85. The normalized spacial score (nSPS) is 34.8. The van der Waals surface area contributed by atoms with E-state index in [-0.39, 0.29) is 0 Å². The molecule has 0 radical (unpaired) electrons. The van der Waals surface area contributed by atoms with Crippen LogP contribution >= 0.6 is 27.3 Å². The van der Waals surface area contributed by atoms with Crippen molar-refractivity contribution >= 4 is 32.4 Å². The van der Waals surface area contributed by atoms with Gasteiger partial charge in [-0.2, -0.15) is 0 Å². The summed E-state index contributed by atoms with van der Waals surface area (Å²) in [5, 5.41) is 9.19. The molecule has 0 aromatic carbocycles. The van der Waals surface area contributed by atoms with Gasteiger partial charge >= 0.3 is 0 Å². The molecule has 0 amide bonds. The first-order valence-corrected chi connectivity index (χ1v) is 6.84. The molecule has 2 aliphatic rings. The summed E-state index contributed by atoms with van der Waals surface area (Å²) in [4.78, 5) is 2.34. The number of anilines is 1. The zero-order chi connectivity index (χ0) is 10.4. The van der Waals surface area contributed by atoms with Crippen molar-refractivity contribution in [3.05, 3.63) is 3.92 Å². The van der Waals surface area contributed by atoms with Crippen molar-refractivity contribution in [2.24, 2.45) is 17.6 Å². The molecule has 1 aromatic heterocycles. The first kappa shape index (κ1) is 9.99. The highest BCUT2D eigenvalue weighted by Gasteiger charge is 2.40. The van der Waals surface area contributed by atoms with E-state index in [2.05, 4.69) is 31.0 Å². The maximum atomic E-state index is 6.16. The van der Waals surface area contributed by atoms with Crippen LogP contribution in [-0.4, -0.2) is 29.3 Å². The van der Waals surface area contributed by atoms with E-state index in [4.69, 9.17) is 5.73 Å². The number of piperidine rings is 1. The first-order valence-electron chi connectivity index (χ1n) is 5.23.